The van der Waals surface area contributed by atoms with Crippen LogP contribution in [0.4, 0.5) is 23.2 Å². The SMILES string of the molecule is COc1ncnc2[nH]cc(C(=O)c3cccc(NS(=O)(=O)c4ccc(C(F)(F)F)cc4)c3F)c12. The first kappa shape index (κ1) is 23.2. The molecular weight excluding hydrogens is 480 g/mol. The van der Waals surface area contributed by atoms with Gasteiger partial charge in [0.1, 0.15) is 12.0 Å². The molecule has 8 nitrogen and oxygen atoms in total. The van der Waals surface area contributed by atoms with Crippen molar-refractivity contribution in [2.45, 2.75) is 11.1 Å². The first-order valence-corrected chi connectivity index (χ1v) is 10.9. The zero-order chi connectivity index (χ0) is 24.7. The molecule has 0 aliphatic carbocycles. The number of nitrogens with one attached hydrogen (secondary N) is 2. The predicted octanol–water partition coefficient (Wildman–Crippen LogP) is 4.16. The van der Waals surface area contributed by atoms with E-state index in [1.165, 1.54) is 25.7 Å². The number of ketones is 1. The normalized spacial score (nSPS) is 12.0. The van der Waals surface area contributed by atoms with E-state index in [-0.39, 0.29) is 22.5 Å². The monoisotopic (exact) mass is 494 g/mol. The first-order valence-electron chi connectivity index (χ1n) is 9.42. The maximum atomic E-state index is 15.2. The topological polar surface area (TPSA) is 114 Å². The van der Waals surface area contributed by atoms with Crippen LogP contribution >= 0.6 is 0 Å². The minimum absolute atomic E-state index is 0.00547. The van der Waals surface area contributed by atoms with Crippen LogP contribution < -0.4 is 9.46 Å². The average molecular weight is 494 g/mol. The van der Waals surface area contributed by atoms with Gasteiger partial charge >= 0.3 is 6.18 Å². The number of nitrogens with zero attached hydrogens (tertiary/aromatic N) is 2. The van der Waals surface area contributed by atoms with Crippen LogP contribution in [0.25, 0.3) is 11.0 Å². The Morgan fingerprint density at radius 3 is 2.41 bits per heavy atom. The summed E-state index contributed by atoms with van der Waals surface area (Å²) < 4.78 is 85.7. The smallest absolute Gasteiger partial charge is 0.416 e. The van der Waals surface area contributed by atoms with Crippen molar-refractivity contribution in [2.24, 2.45) is 0 Å². The van der Waals surface area contributed by atoms with Crippen molar-refractivity contribution in [1.82, 2.24) is 15.0 Å². The lowest BCUT2D eigenvalue weighted by Gasteiger charge is -2.12. The van der Waals surface area contributed by atoms with Gasteiger partial charge in [-0.3, -0.25) is 9.52 Å². The average Bonchev–Trinajstić information content (AvgIpc) is 3.24. The molecule has 0 spiro atoms. The number of rotatable bonds is 6. The van der Waals surface area contributed by atoms with Crippen molar-refractivity contribution < 1.29 is 35.5 Å². The molecule has 0 aliphatic heterocycles. The lowest BCUT2D eigenvalue weighted by molar-refractivity contribution is -0.137. The van der Waals surface area contributed by atoms with E-state index in [9.17, 15) is 26.4 Å². The molecule has 4 aromatic rings. The molecule has 2 N–H and O–H groups in total. The third-order valence-electron chi connectivity index (χ3n) is 4.85. The summed E-state index contributed by atoms with van der Waals surface area (Å²) >= 11 is 0. The lowest BCUT2D eigenvalue weighted by atomic mass is 10.0. The Bertz CT molecular complexity index is 1500. The van der Waals surface area contributed by atoms with Crippen LogP contribution in [0.2, 0.25) is 0 Å². The molecule has 2 aromatic carbocycles. The number of aromatic amines is 1. The van der Waals surface area contributed by atoms with Gasteiger partial charge in [-0.2, -0.15) is 13.2 Å². The molecule has 2 heterocycles. The third kappa shape index (κ3) is 4.17. The van der Waals surface area contributed by atoms with Gasteiger partial charge in [-0.05, 0) is 36.4 Å². The number of alkyl halides is 3. The van der Waals surface area contributed by atoms with E-state index in [2.05, 4.69) is 15.0 Å². The number of halogens is 4. The van der Waals surface area contributed by atoms with Gasteiger partial charge in [0.2, 0.25) is 5.88 Å². The molecule has 0 bridgehead atoms. The van der Waals surface area contributed by atoms with E-state index >= 15 is 4.39 Å². The molecular formula is C21H14F4N4O4S. The van der Waals surface area contributed by atoms with Crippen molar-refractivity contribution >= 4 is 32.5 Å². The molecule has 34 heavy (non-hydrogen) atoms. The zero-order valence-corrected chi connectivity index (χ0v) is 18.0. The van der Waals surface area contributed by atoms with Crippen LogP contribution in [0.3, 0.4) is 0 Å². The number of hydrogen-bond donors (Lipinski definition) is 2. The highest BCUT2D eigenvalue weighted by Crippen LogP contribution is 2.31. The molecule has 0 radical (unpaired) electrons. The second-order valence-electron chi connectivity index (χ2n) is 6.93. The number of H-pyrrole nitrogens is 1. The summed E-state index contributed by atoms with van der Waals surface area (Å²) in [6.07, 6.45) is -2.14. The van der Waals surface area contributed by atoms with Crippen LogP contribution in [0.15, 0.2) is 59.9 Å². The van der Waals surface area contributed by atoms with Crippen molar-refractivity contribution in [3.05, 3.63) is 77.5 Å². The summed E-state index contributed by atoms with van der Waals surface area (Å²) in [5, 5.41) is 0.213. The summed E-state index contributed by atoms with van der Waals surface area (Å²) in [6.45, 7) is 0. The van der Waals surface area contributed by atoms with Crippen molar-refractivity contribution in [3.63, 3.8) is 0 Å². The molecule has 0 aliphatic rings. The number of benzene rings is 2. The third-order valence-corrected chi connectivity index (χ3v) is 6.23. The van der Waals surface area contributed by atoms with Crippen LogP contribution in [-0.2, 0) is 16.2 Å². The zero-order valence-electron chi connectivity index (χ0n) is 17.1. The van der Waals surface area contributed by atoms with Gasteiger partial charge in [-0.1, -0.05) is 6.07 Å². The van der Waals surface area contributed by atoms with Crippen LogP contribution in [0.5, 0.6) is 5.88 Å². The molecule has 0 atom stereocenters. The maximum Gasteiger partial charge on any atom is 0.416 e. The highest BCUT2D eigenvalue weighted by molar-refractivity contribution is 7.92. The summed E-state index contributed by atoms with van der Waals surface area (Å²) in [4.78, 5) is 23.2. The van der Waals surface area contributed by atoms with Crippen molar-refractivity contribution in [1.29, 1.82) is 0 Å². The molecule has 13 heteroatoms. The maximum absolute atomic E-state index is 15.2. The Labute approximate surface area is 189 Å². The largest absolute Gasteiger partial charge is 0.480 e. The fourth-order valence-corrected chi connectivity index (χ4v) is 4.29. The van der Waals surface area contributed by atoms with Crippen LogP contribution in [0.1, 0.15) is 21.5 Å². The molecule has 0 amide bonds. The molecule has 0 unspecified atom stereocenters. The number of anilines is 1. The summed E-state index contributed by atoms with van der Waals surface area (Å²) in [6, 6.07) is 6.17. The van der Waals surface area contributed by atoms with Gasteiger partial charge in [0, 0.05) is 6.20 Å². The Balaban J connectivity index is 1.68. The fraction of sp³-hybridized carbons (Fsp3) is 0.0952. The van der Waals surface area contributed by atoms with Gasteiger partial charge in [0.05, 0.1) is 39.8 Å². The number of fused-ring (bicyclic) bond motifs is 1. The molecule has 4 rings (SSSR count). The highest BCUT2D eigenvalue weighted by Gasteiger charge is 2.31. The van der Waals surface area contributed by atoms with Crippen LogP contribution in [-0.4, -0.2) is 36.3 Å². The number of hydrogen-bond acceptors (Lipinski definition) is 6. The summed E-state index contributed by atoms with van der Waals surface area (Å²) in [5.41, 5.74) is -1.79. The Morgan fingerprint density at radius 1 is 1.06 bits per heavy atom. The fourth-order valence-electron chi connectivity index (χ4n) is 3.23. The van der Waals surface area contributed by atoms with Gasteiger partial charge in [0.25, 0.3) is 10.0 Å². The number of sulfonamides is 1. The second-order valence-corrected chi connectivity index (χ2v) is 8.62. The molecule has 2 aromatic heterocycles. The standard InChI is InChI=1S/C21H14F4N4O4S/c1-33-20-16-14(9-26-19(16)27-10-28-20)18(30)13-3-2-4-15(17(13)22)29-34(31,32)12-7-5-11(6-8-12)21(23,24)25/h2-10,29H,1H3,(H,26,27,28). The van der Waals surface area contributed by atoms with E-state index in [0.29, 0.717) is 12.1 Å². The predicted molar refractivity (Wildman–Crippen MR) is 113 cm³/mol. The van der Waals surface area contributed by atoms with E-state index in [1.807, 2.05) is 4.72 Å². The van der Waals surface area contributed by atoms with Gasteiger partial charge in [-0.25, -0.2) is 22.8 Å². The number of carbonyl (C=O) groups is 1. The molecule has 0 fully saturated rings. The first-order chi connectivity index (χ1) is 16.0. The highest BCUT2D eigenvalue weighted by atomic mass is 32.2. The number of carbonyl (C=O) groups excluding carboxylic acids is 1. The van der Waals surface area contributed by atoms with E-state index in [1.54, 1.807) is 0 Å². The minimum atomic E-state index is -4.65. The molecule has 176 valence electrons. The van der Waals surface area contributed by atoms with Crippen molar-refractivity contribution in [2.75, 3.05) is 11.8 Å². The quantitative estimate of drug-likeness (QED) is 0.307. The van der Waals surface area contributed by atoms with Gasteiger partial charge in [0.15, 0.2) is 11.6 Å². The summed E-state index contributed by atoms with van der Waals surface area (Å²) in [5.74, 6) is -1.89. The van der Waals surface area contributed by atoms with Crippen LogP contribution in [0, 0.1) is 5.82 Å². The van der Waals surface area contributed by atoms with Gasteiger partial charge in [-0.15, -0.1) is 0 Å². The Morgan fingerprint density at radius 2 is 1.76 bits per heavy atom. The molecule has 0 saturated carbocycles. The molecule has 0 saturated heterocycles. The Kier molecular flexibility index (Phi) is 5.73. The lowest BCUT2D eigenvalue weighted by Crippen LogP contribution is -2.16. The van der Waals surface area contributed by atoms with Crippen molar-refractivity contribution in [3.8, 4) is 5.88 Å². The number of aromatic nitrogens is 3. The minimum Gasteiger partial charge on any atom is -0.480 e. The Hall–Kier alpha value is -4.00. The van der Waals surface area contributed by atoms with E-state index in [0.717, 1.165) is 24.3 Å². The van der Waals surface area contributed by atoms with Gasteiger partial charge < -0.3 is 9.72 Å². The second kappa shape index (κ2) is 8.41. The van der Waals surface area contributed by atoms with E-state index < -0.39 is 49.5 Å². The number of methoxy groups -OCH3 is 1. The van der Waals surface area contributed by atoms with E-state index in [4.69, 9.17) is 4.74 Å². The number of ether oxygens (including phenoxy) is 1. The summed E-state index contributed by atoms with van der Waals surface area (Å²) in [7, 11) is -3.12.